The van der Waals surface area contributed by atoms with Gasteiger partial charge in [-0.25, -0.2) is 9.97 Å². The van der Waals surface area contributed by atoms with Crippen LogP contribution in [-0.2, 0) is 22.6 Å². The van der Waals surface area contributed by atoms with Crippen LogP contribution in [0.25, 0.3) is 11.3 Å². The van der Waals surface area contributed by atoms with Crippen molar-refractivity contribution in [1.29, 1.82) is 0 Å². The second-order valence-corrected chi connectivity index (χ2v) is 6.91. The van der Waals surface area contributed by atoms with Gasteiger partial charge in [0.15, 0.2) is 0 Å². The van der Waals surface area contributed by atoms with Gasteiger partial charge >= 0.3 is 0 Å². The first-order valence-electron chi connectivity index (χ1n) is 8.88. The van der Waals surface area contributed by atoms with Crippen molar-refractivity contribution in [2.75, 3.05) is 30.4 Å². The third kappa shape index (κ3) is 2.99. The van der Waals surface area contributed by atoms with Gasteiger partial charge < -0.3 is 20.3 Å². The second kappa shape index (κ2) is 6.57. The molecule has 4 rings (SSSR count). The Kier molecular flexibility index (Phi) is 4.24. The zero-order chi connectivity index (χ0) is 18.3. The lowest BCUT2D eigenvalue weighted by atomic mass is 10.1. The number of morpholine rings is 1. The smallest absolute Gasteiger partial charge is 0.226 e. The van der Waals surface area contributed by atoms with Crippen LogP contribution in [0, 0.1) is 0 Å². The molecular weight excluding hydrogens is 330 g/mol. The van der Waals surface area contributed by atoms with Crippen LogP contribution in [0.3, 0.4) is 0 Å². The number of fused-ring (bicyclic) bond motifs is 1. The van der Waals surface area contributed by atoms with Crippen LogP contribution in [0.2, 0.25) is 0 Å². The number of ether oxygens (including phenoxy) is 1. The molecule has 2 aliphatic heterocycles. The molecule has 0 radical (unpaired) electrons. The molecule has 1 aromatic heterocycles. The van der Waals surface area contributed by atoms with Gasteiger partial charge in [-0.15, -0.1) is 0 Å². The van der Waals surface area contributed by atoms with E-state index < -0.39 is 0 Å². The third-order valence-electron chi connectivity index (χ3n) is 5.02. The number of hydrogen-bond donors (Lipinski definition) is 1. The lowest BCUT2D eigenvalue weighted by Gasteiger charge is -2.33. The first-order chi connectivity index (χ1) is 12.5. The molecule has 0 spiro atoms. The predicted molar refractivity (Wildman–Crippen MR) is 99.4 cm³/mol. The van der Waals surface area contributed by atoms with Gasteiger partial charge in [-0.1, -0.05) is 12.1 Å². The second-order valence-electron chi connectivity index (χ2n) is 6.91. The monoisotopic (exact) mass is 353 g/mol. The molecule has 1 aromatic carbocycles. The number of hydrogen-bond acceptors (Lipinski definition) is 6. The van der Waals surface area contributed by atoms with Gasteiger partial charge in [0.05, 0.1) is 43.7 Å². The fraction of sp³-hybridized carbons (Fsp3) is 0.421. The van der Waals surface area contributed by atoms with E-state index in [0.29, 0.717) is 37.9 Å². The maximum Gasteiger partial charge on any atom is 0.226 e. The van der Waals surface area contributed by atoms with Crippen molar-refractivity contribution in [3.05, 3.63) is 35.5 Å². The molecule has 1 fully saturated rings. The van der Waals surface area contributed by atoms with Crippen LogP contribution in [-0.4, -0.2) is 46.6 Å². The summed E-state index contributed by atoms with van der Waals surface area (Å²) >= 11 is 0. The van der Waals surface area contributed by atoms with Crippen molar-refractivity contribution in [3.8, 4) is 11.3 Å². The molecule has 2 aromatic rings. The van der Waals surface area contributed by atoms with Gasteiger partial charge in [-0.3, -0.25) is 4.79 Å². The lowest BCUT2D eigenvalue weighted by molar-refractivity contribution is -0.129. The fourth-order valence-electron chi connectivity index (χ4n) is 3.50. The largest absolute Gasteiger partial charge is 0.399 e. The SMILES string of the molecule is CC(=O)N1Cc2nc(N3CCOCC3C)nc(-c3ccc(N)cc3)c2C1. The summed E-state index contributed by atoms with van der Waals surface area (Å²) in [4.78, 5) is 25.6. The van der Waals surface area contributed by atoms with E-state index >= 15 is 0 Å². The molecular formula is C19H23N5O2. The maximum atomic E-state index is 11.9. The normalized spacial score (nSPS) is 19.5. The maximum absolute atomic E-state index is 11.9. The molecule has 0 saturated carbocycles. The van der Waals surface area contributed by atoms with E-state index in [4.69, 9.17) is 20.4 Å². The van der Waals surface area contributed by atoms with E-state index in [1.54, 1.807) is 11.8 Å². The minimum atomic E-state index is 0.0487. The van der Waals surface area contributed by atoms with Gasteiger partial charge in [-0.05, 0) is 19.1 Å². The average molecular weight is 353 g/mol. The number of rotatable bonds is 2. The van der Waals surface area contributed by atoms with Gasteiger partial charge in [-0.2, -0.15) is 0 Å². The van der Waals surface area contributed by atoms with Gasteiger partial charge in [0.1, 0.15) is 0 Å². The Morgan fingerprint density at radius 2 is 2.00 bits per heavy atom. The molecule has 7 heteroatoms. The number of aromatic nitrogens is 2. The summed E-state index contributed by atoms with van der Waals surface area (Å²) in [5.74, 6) is 0.754. The summed E-state index contributed by atoms with van der Waals surface area (Å²) in [7, 11) is 0. The van der Waals surface area contributed by atoms with Gasteiger partial charge in [0.25, 0.3) is 0 Å². The standard InChI is InChI=1S/C19H23N5O2/c1-12-11-26-8-7-24(12)19-21-17-10-23(13(2)25)9-16(17)18(22-19)14-3-5-15(20)6-4-14/h3-6,12H,7-11,20H2,1-2H3. The van der Waals surface area contributed by atoms with Crippen molar-refractivity contribution in [2.45, 2.75) is 33.0 Å². The van der Waals surface area contributed by atoms with E-state index in [9.17, 15) is 4.79 Å². The highest BCUT2D eigenvalue weighted by molar-refractivity contribution is 5.76. The molecule has 2 aliphatic rings. The van der Waals surface area contributed by atoms with Crippen molar-refractivity contribution in [2.24, 2.45) is 0 Å². The quantitative estimate of drug-likeness (QED) is 0.829. The summed E-state index contributed by atoms with van der Waals surface area (Å²) in [5, 5.41) is 0. The molecule has 1 atom stereocenters. The Labute approximate surface area is 152 Å². The molecule has 0 bridgehead atoms. The third-order valence-corrected chi connectivity index (χ3v) is 5.02. The molecule has 2 N–H and O–H groups in total. The number of nitrogens with two attached hydrogens (primary N) is 1. The Morgan fingerprint density at radius 1 is 1.23 bits per heavy atom. The zero-order valence-electron chi connectivity index (χ0n) is 15.1. The number of amides is 1. The van der Waals surface area contributed by atoms with Crippen molar-refractivity contribution < 1.29 is 9.53 Å². The van der Waals surface area contributed by atoms with Crippen LogP contribution >= 0.6 is 0 Å². The Balaban J connectivity index is 1.81. The minimum Gasteiger partial charge on any atom is -0.399 e. The fourth-order valence-corrected chi connectivity index (χ4v) is 3.50. The number of nitrogen functional groups attached to an aromatic ring is 1. The Morgan fingerprint density at radius 3 is 2.69 bits per heavy atom. The lowest BCUT2D eigenvalue weighted by Crippen LogP contribution is -2.44. The molecule has 1 unspecified atom stereocenters. The number of carbonyl (C=O) groups excluding carboxylic acids is 1. The van der Waals surface area contributed by atoms with Crippen molar-refractivity contribution in [3.63, 3.8) is 0 Å². The van der Waals surface area contributed by atoms with Crippen LogP contribution < -0.4 is 10.6 Å². The predicted octanol–water partition coefficient (Wildman–Crippen LogP) is 1.81. The van der Waals surface area contributed by atoms with E-state index in [-0.39, 0.29) is 11.9 Å². The summed E-state index contributed by atoms with van der Waals surface area (Å²) in [6, 6.07) is 7.91. The molecule has 1 saturated heterocycles. The Hall–Kier alpha value is -2.67. The Bertz CT molecular complexity index is 837. The summed E-state index contributed by atoms with van der Waals surface area (Å²) in [5.41, 5.74) is 10.4. The molecule has 0 aliphatic carbocycles. The summed E-state index contributed by atoms with van der Waals surface area (Å²) < 4.78 is 5.54. The van der Waals surface area contributed by atoms with Crippen LogP contribution in [0.1, 0.15) is 25.1 Å². The highest BCUT2D eigenvalue weighted by atomic mass is 16.5. The molecule has 136 valence electrons. The van der Waals surface area contributed by atoms with E-state index in [1.165, 1.54) is 0 Å². The highest BCUT2D eigenvalue weighted by Gasteiger charge is 2.30. The number of nitrogens with zero attached hydrogens (tertiary/aromatic N) is 4. The number of benzene rings is 1. The molecule has 1 amide bonds. The topological polar surface area (TPSA) is 84.6 Å². The summed E-state index contributed by atoms with van der Waals surface area (Å²) in [6.07, 6.45) is 0. The van der Waals surface area contributed by atoms with Crippen molar-refractivity contribution in [1.82, 2.24) is 14.9 Å². The first kappa shape index (κ1) is 16.8. The number of carbonyl (C=O) groups is 1. The zero-order valence-corrected chi connectivity index (χ0v) is 15.1. The molecule has 7 nitrogen and oxygen atoms in total. The minimum absolute atomic E-state index is 0.0487. The van der Waals surface area contributed by atoms with Gasteiger partial charge in [0.2, 0.25) is 11.9 Å². The first-order valence-corrected chi connectivity index (χ1v) is 8.88. The van der Waals surface area contributed by atoms with Crippen LogP contribution in [0.5, 0.6) is 0 Å². The average Bonchev–Trinajstić information content (AvgIpc) is 3.06. The van der Waals surface area contributed by atoms with E-state index in [2.05, 4.69) is 11.8 Å². The van der Waals surface area contributed by atoms with E-state index in [0.717, 1.165) is 29.1 Å². The highest BCUT2D eigenvalue weighted by Crippen LogP contribution is 2.33. The number of anilines is 2. The van der Waals surface area contributed by atoms with Crippen molar-refractivity contribution >= 4 is 17.5 Å². The van der Waals surface area contributed by atoms with Gasteiger partial charge in [0, 0.05) is 30.3 Å². The summed E-state index contributed by atoms with van der Waals surface area (Å²) in [6.45, 7) is 6.87. The molecule has 26 heavy (non-hydrogen) atoms. The molecule has 3 heterocycles. The van der Waals surface area contributed by atoms with E-state index in [1.807, 2.05) is 24.3 Å². The van der Waals surface area contributed by atoms with Crippen LogP contribution in [0.4, 0.5) is 11.6 Å². The van der Waals surface area contributed by atoms with Crippen LogP contribution in [0.15, 0.2) is 24.3 Å².